The van der Waals surface area contributed by atoms with Crippen molar-refractivity contribution in [3.05, 3.63) is 0 Å². The van der Waals surface area contributed by atoms with Gasteiger partial charge in [0.1, 0.15) is 0 Å². The average Bonchev–Trinajstić information content (AvgIpc) is 2.17. The molecule has 0 rings (SSSR count). The molecule has 13 heavy (non-hydrogen) atoms. The summed E-state index contributed by atoms with van der Waals surface area (Å²) in [4.78, 5) is 0. The molecule has 0 bridgehead atoms. The van der Waals surface area contributed by atoms with Crippen LogP contribution in [0, 0.1) is 0 Å². The number of halogens is 2. The summed E-state index contributed by atoms with van der Waals surface area (Å²) in [5.74, 6) is 0. The molecule has 0 aliphatic heterocycles. The topological polar surface area (TPSA) is 36.9 Å². The molecule has 4 nitrogen and oxygen atoms in total. The molecule has 0 amide bonds. The van der Waals surface area contributed by atoms with Crippen LogP contribution in [0.5, 0.6) is 0 Å². The van der Waals surface area contributed by atoms with Crippen molar-refractivity contribution in [2.75, 3.05) is 28.4 Å². The molecule has 0 fully saturated rings. The first-order valence-corrected chi connectivity index (χ1v) is 4.81. The second-order valence-electron chi connectivity index (χ2n) is 1.88. The molecule has 0 unspecified atom stereocenters. The number of ether oxygens (including phenoxy) is 4. The van der Waals surface area contributed by atoms with Gasteiger partial charge in [0.15, 0.2) is 0 Å². The van der Waals surface area contributed by atoms with Crippen LogP contribution in [0.2, 0.25) is 0 Å². The monoisotopic (exact) mass is 250 g/mol. The van der Waals surface area contributed by atoms with Crippen molar-refractivity contribution in [2.45, 2.75) is 9.16 Å². The molecule has 0 saturated carbocycles. The lowest BCUT2D eigenvalue weighted by Crippen LogP contribution is -2.33. The number of hydrogen-bond donors (Lipinski definition) is 0. The van der Waals surface area contributed by atoms with Gasteiger partial charge in [0.2, 0.25) is 0 Å². The molecular weight excluding hydrogens is 239 g/mol. The predicted molar refractivity (Wildman–Crippen MR) is 52.8 cm³/mol. The molecule has 0 aliphatic carbocycles. The van der Waals surface area contributed by atoms with Crippen LogP contribution >= 0.6 is 35.0 Å². The molecule has 0 aromatic carbocycles. The minimum atomic E-state index is -1.42. The van der Waals surface area contributed by atoms with Crippen LogP contribution in [0.1, 0.15) is 0 Å². The fourth-order valence-electron chi connectivity index (χ4n) is 0.479. The molecule has 0 radical (unpaired) electrons. The summed E-state index contributed by atoms with van der Waals surface area (Å²) in [5, 5.41) is 0. The third kappa shape index (κ3) is 4.20. The highest BCUT2D eigenvalue weighted by Gasteiger charge is 2.41. The number of rotatable bonds is 6. The van der Waals surface area contributed by atoms with Crippen LogP contribution in [0.15, 0.2) is 0 Å². The molecule has 0 saturated heterocycles. The van der Waals surface area contributed by atoms with Crippen molar-refractivity contribution in [1.82, 2.24) is 0 Å². The average molecular weight is 251 g/mol. The molecule has 0 N–H and O–H groups in total. The zero-order chi connectivity index (χ0) is 10.5. The molecule has 0 aliphatic rings. The van der Waals surface area contributed by atoms with Crippen LogP contribution in [0.3, 0.4) is 0 Å². The summed E-state index contributed by atoms with van der Waals surface area (Å²) < 4.78 is 16.5. The largest absolute Gasteiger partial charge is 0.332 e. The highest BCUT2D eigenvalue weighted by Crippen LogP contribution is 2.44. The van der Waals surface area contributed by atoms with E-state index in [-0.39, 0.29) is 0 Å². The Labute approximate surface area is 91.7 Å². The Morgan fingerprint density at radius 3 is 1.15 bits per heavy atom. The molecule has 0 spiro atoms. The Hall–Kier alpha value is 0.770. The molecule has 0 aromatic heterocycles. The van der Waals surface area contributed by atoms with Gasteiger partial charge in [-0.05, 0) is 23.2 Å². The highest BCUT2D eigenvalue weighted by atomic mass is 35.5. The van der Waals surface area contributed by atoms with E-state index in [1.54, 1.807) is 0 Å². The van der Waals surface area contributed by atoms with Gasteiger partial charge in [-0.3, -0.25) is 0 Å². The molecule has 7 heteroatoms. The predicted octanol–water partition coefficient (Wildman–Crippen LogP) is 2.01. The quantitative estimate of drug-likeness (QED) is 0.533. The lowest BCUT2D eigenvalue weighted by Gasteiger charge is -2.30. The van der Waals surface area contributed by atoms with E-state index >= 15 is 0 Å². The summed E-state index contributed by atoms with van der Waals surface area (Å²) in [6.45, 7) is 0. The zero-order valence-corrected chi connectivity index (χ0v) is 10.1. The van der Waals surface area contributed by atoms with Gasteiger partial charge < -0.3 is 18.9 Å². The lowest BCUT2D eigenvalue weighted by molar-refractivity contribution is -0.0974. The molecule has 0 aromatic rings. The minimum absolute atomic E-state index is 0.836. The first kappa shape index (κ1) is 13.8. The van der Waals surface area contributed by atoms with E-state index in [2.05, 4.69) is 0 Å². The van der Waals surface area contributed by atoms with Gasteiger partial charge in [-0.2, -0.15) is 0 Å². The lowest BCUT2D eigenvalue weighted by atomic mass is 11.3. The van der Waals surface area contributed by atoms with Crippen LogP contribution in [0.4, 0.5) is 0 Å². The van der Waals surface area contributed by atoms with E-state index < -0.39 is 9.16 Å². The van der Waals surface area contributed by atoms with E-state index in [9.17, 15) is 0 Å². The molecular formula is C6H12Cl2O4S. The zero-order valence-electron chi connectivity index (χ0n) is 7.80. The second-order valence-corrected chi connectivity index (χ2v) is 4.60. The normalized spacial score (nSPS) is 13.4. The number of alkyl halides is 2. The third-order valence-electron chi connectivity index (χ3n) is 1.22. The van der Waals surface area contributed by atoms with E-state index in [4.69, 9.17) is 42.1 Å². The van der Waals surface area contributed by atoms with Crippen molar-refractivity contribution in [3.63, 3.8) is 0 Å². The second kappa shape index (κ2) is 5.60. The maximum Gasteiger partial charge on any atom is 0.306 e. The third-order valence-corrected chi connectivity index (χ3v) is 3.45. The van der Waals surface area contributed by atoms with Crippen molar-refractivity contribution in [3.8, 4) is 0 Å². The smallest absolute Gasteiger partial charge is 0.306 e. The Morgan fingerprint density at radius 2 is 1.00 bits per heavy atom. The van der Waals surface area contributed by atoms with E-state index in [1.165, 1.54) is 28.4 Å². The summed E-state index contributed by atoms with van der Waals surface area (Å²) in [7, 11) is 5.52. The van der Waals surface area contributed by atoms with Crippen LogP contribution in [-0.2, 0) is 18.9 Å². The number of thioether (sulfide) groups is 1. The summed E-state index contributed by atoms with van der Waals surface area (Å²) >= 11 is 12.5. The molecule has 80 valence electrons. The maximum absolute atomic E-state index is 5.82. The van der Waals surface area contributed by atoms with Crippen molar-refractivity contribution < 1.29 is 18.9 Å². The first-order chi connectivity index (χ1) is 5.95. The van der Waals surface area contributed by atoms with Gasteiger partial charge >= 0.3 is 9.16 Å². The van der Waals surface area contributed by atoms with Gasteiger partial charge in [0.25, 0.3) is 0 Å². The van der Waals surface area contributed by atoms with Crippen molar-refractivity contribution in [2.24, 2.45) is 0 Å². The summed E-state index contributed by atoms with van der Waals surface area (Å²) in [6.07, 6.45) is 0. The Bertz CT molecular complexity index is 134. The van der Waals surface area contributed by atoms with Gasteiger partial charge in [0, 0.05) is 40.2 Å². The van der Waals surface area contributed by atoms with Crippen molar-refractivity contribution >= 4 is 35.0 Å². The van der Waals surface area contributed by atoms with Crippen LogP contribution in [0.25, 0.3) is 0 Å². The van der Waals surface area contributed by atoms with Gasteiger partial charge in [-0.1, -0.05) is 0 Å². The Morgan fingerprint density at radius 1 is 0.769 bits per heavy atom. The van der Waals surface area contributed by atoms with Gasteiger partial charge in [-0.15, -0.1) is 0 Å². The van der Waals surface area contributed by atoms with Crippen LogP contribution < -0.4 is 0 Å². The van der Waals surface area contributed by atoms with Crippen molar-refractivity contribution in [1.29, 1.82) is 0 Å². The fourth-order valence-corrected chi connectivity index (χ4v) is 1.83. The Balaban J connectivity index is 4.36. The molecule has 0 atom stereocenters. The van der Waals surface area contributed by atoms with E-state index in [0.29, 0.717) is 0 Å². The standard InChI is InChI=1S/C6H12Cl2O4S/c1-9-5(7,10-2)13-6(8,11-3)12-4/h1-4H3. The fraction of sp³-hybridized carbons (Fsp3) is 1.00. The van der Waals surface area contributed by atoms with Gasteiger partial charge in [0.05, 0.1) is 0 Å². The van der Waals surface area contributed by atoms with Gasteiger partial charge in [-0.25, -0.2) is 0 Å². The van der Waals surface area contributed by atoms with E-state index in [1.807, 2.05) is 0 Å². The number of hydrogen-bond acceptors (Lipinski definition) is 5. The van der Waals surface area contributed by atoms with Crippen LogP contribution in [-0.4, -0.2) is 37.6 Å². The minimum Gasteiger partial charge on any atom is -0.332 e. The maximum atomic E-state index is 5.82. The first-order valence-electron chi connectivity index (χ1n) is 3.24. The Kier molecular flexibility index (Phi) is 5.93. The molecule has 0 heterocycles. The summed E-state index contributed by atoms with van der Waals surface area (Å²) in [6, 6.07) is 0. The SMILES string of the molecule is COC(Cl)(OC)SC(Cl)(OC)OC. The summed E-state index contributed by atoms with van der Waals surface area (Å²) in [5.41, 5.74) is 0. The van der Waals surface area contributed by atoms with E-state index in [0.717, 1.165) is 11.8 Å². The number of methoxy groups -OCH3 is 4. The highest BCUT2D eigenvalue weighted by molar-refractivity contribution is 8.03.